The van der Waals surface area contributed by atoms with Gasteiger partial charge in [-0.3, -0.25) is 14.5 Å². The van der Waals surface area contributed by atoms with Crippen LogP contribution >= 0.6 is 0 Å². The van der Waals surface area contributed by atoms with Gasteiger partial charge in [-0.05, 0) is 20.5 Å². The average molecular weight is 204 g/mol. The van der Waals surface area contributed by atoms with E-state index >= 15 is 0 Å². The van der Waals surface area contributed by atoms with E-state index < -0.39 is 0 Å². The first-order valence-electron chi connectivity index (χ1n) is 5.02. The maximum absolute atomic E-state index is 11.5. The quantitative estimate of drug-likeness (QED) is 0.648. The molecule has 1 atom stereocenters. The van der Waals surface area contributed by atoms with E-state index in [2.05, 4.69) is 0 Å². The Morgan fingerprint density at radius 3 is 1.93 bits per heavy atom. The molecule has 0 heterocycles. The lowest BCUT2D eigenvalue weighted by molar-refractivity contribution is -0.173. The van der Waals surface area contributed by atoms with E-state index in [0.29, 0.717) is 0 Å². The van der Waals surface area contributed by atoms with E-state index in [9.17, 15) is 4.79 Å². The number of rotatable bonds is 4. The fourth-order valence-corrected chi connectivity index (χ4v) is 1.06. The zero-order chi connectivity index (χ0) is 11.7. The molecule has 0 aromatic heterocycles. The highest BCUT2D eigenvalue weighted by Gasteiger charge is 2.21. The maximum Gasteiger partial charge on any atom is 0.263 e. The second kappa shape index (κ2) is 8.97. The maximum atomic E-state index is 11.5. The predicted molar refractivity (Wildman–Crippen MR) is 58.9 cm³/mol. The fourth-order valence-electron chi connectivity index (χ4n) is 1.06. The van der Waals surface area contributed by atoms with Crippen LogP contribution in [0, 0.1) is 0 Å². The number of likely N-dealkylation sites (N-methyl/N-ethyl adjacent to an activating group) is 2. The van der Waals surface area contributed by atoms with Crippen LogP contribution in [0.4, 0.5) is 0 Å². The minimum absolute atomic E-state index is 0.00926. The molecule has 0 fully saturated rings. The summed E-state index contributed by atoms with van der Waals surface area (Å²) in [5.74, 6) is -0.00926. The summed E-state index contributed by atoms with van der Waals surface area (Å²) in [4.78, 5) is 18.2. The van der Waals surface area contributed by atoms with Gasteiger partial charge >= 0.3 is 0 Å². The van der Waals surface area contributed by atoms with Gasteiger partial charge in [0, 0.05) is 7.05 Å². The zero-order valence-electron chi connectivity index (χ0n) is 10.5. The van der Waals surface area contributed by atoms with Crippen molar-refractivity contribution in [2.24, 2.45) is 0 Å². The summed E-state index contributed by atoms with van der Waals surface area (Å²) in [5.41, 5.74) is 0. The van der Waals surface area contributed by atoms with Crippen molar-refractivity contribution < 1.29 is 9.63 Å². The van der Waals surface area contributed by atoms with E-state index in [-0.39, 0.29) is 11.9 Å². The van der Waals surface area contributed by atoms with Gasteiger partial charge in [-0.1, -0.05) is 20.8 Å². The highest BCUT2D eigenvalue weighted by atomic mass is 16.7. The van der Waals surface area contributed by atoms with Crippen LogP contribution in [0.15, 0.2) is 0 Å². The van der Waals surface area contributed by atoms with Gasteiger partial charge in [0.05, 0.1) is 13.2 Å². The average Bonchev–Trinajstić information content (AvgIpc) is 2.20. The number of carbonyl (C=O) groups is 1. The molecule has 0 aromatic carbocycles. The van der Waals surface area contributed by atoms with Crippen LogP contribution in [-0.2, 0) is 9.63 Å². The van der Waals surface area contributed by atoms with Crippen molar-refractivity contribution in [3.63, 3.8) is 0 Å². The van der Waals surface area contributed by atoms with Gasteiger partial charge in [-0.15, -0.1) is 0 Å². The molecule has 4 heteroatoms. The molecule has 0 saturated heterocycles. The molecule has 0 aromatic rings. The van der Waals surface area contributed by atoms with Crippen LogP contribution in [0.1, 0.15) is 27.2 Å². The molecule has 0 aliphatic carbocycles. The van der Waals surface area contributed by atoms with E-state index in [1.807, 2.05) is 39.8 Å². The van der Waals surface area contributed by atoms with Crippen molar-refractivity contribution >= 4 is 5.91 Å². The lowest BCUT2D eigenvalue weighted by Crippen LogP contribution is -2.43. The van der Waals surface area contributed by atoms with Gasteiger partial charge in [0.15, 0.2) is 0 Å². The predicted octanol–water partition coefficient (Wildman–Crippen LogP) is 1.37. The highest BCUT2D eigenvalue weighted by molar-refractivity contribution is 5.80. The van der Waals surface area contributed by atoms with Gasteiger partial charge < -0.3 is 0 Å². The Labute approximate surface area is 87.8 Å². The van der Waals surface area contributed by atoms with Gasteiger partial charge in [0.25, 0.3) is 5.91 Å². The van der Waals surface area contributed by atoms with Crippen LogP contribution in [0.5, 0.6) is 0 Å². The fraction of sp³-hybridized carbons (Fsp3) is 0.900. The van der Waals surface area contributed by atoms with Gasteiger partial charge in [-0.2, -0.15) is 0 Å². The molecule has 0 aliphatic rings. The number of hydrogen-bond donors (Lipinski definition) is 0. The molecule has 0 spiro atoms. The number of carbonyl (C=O) groups excluding carboxylic acids is 1. The van der Waals surface area contributed by atoms with E-state index in [1.54, 1.807) is 7.05 Å². The van der Waals surface area contributed by atoms with Crippen molar-refractivity contribution in [1.82, 2.24) is 9.96 Å². The van der Waals surface area contributed by atoms with Crippen molar-refractivity contribution in [3.8, 4) is 0 Å². The first-order valence-corrected chi connectivity index (χ1v) is 5.02. The first kappa shape index (κ1) is 15.8. The number of hydrogen-bond acceptors (Lipinski definition) is 3. The monoisotopic (exact) mass is 204 g/mol. The summed E-state index contributed by atoms with van der Waals surface area (Å²) >= 11 is 0. The SMILES string of the molecule is CC.CCC(C(=O)N(C)OC)N(C)C. The normalized spacial score (nSPS) is 11.7. The molecule has 0 bridgehead atoms. The molecule has 1 unspecified atom stereocenters. The van der Waals surface area contributed by atoms with Crippen LogP contribution in [0.3, 0.4) is 0 Å². The van der Waals surface area contributed by atoms with Crippen LogP contribution in [0.2, 0.25) is 0 Å². The highest BCUT2D eigenvalue weighted by Crippen LogP contribution is 2.02. The molecule has 0 N–H and O–H groups in total. The van der Waals surface area contributed by atoms with Gasteiger partial charge in [0.2, 0.25) is 0 Å². The Bertz CT molecular complexity index is 149. The Kier molecular flexibility index (Phi) is 10.1. The molecule has 14 heavy (non-hydrogen) atoms. The lowest BCUT2D eigenvalue weighted by atomic mass is 10.2. The molecule has 86 valence electrons. The van der Waals surface area contributed by atoms with Crippen LogP contribution in [0.25, 0.3) is 0 Å². The minimum Gasteiger partial charge on any atom is -0.298 e. The standard InChI is InChI=1S/C8H18N2O2.C2H6/c1-6-7(9(2)3)8(11)10(4)12-5;1-2/h7H,6H2,1-5H3;1-2H3. The number of hydroxylamine groups is 2. The molecular weight excluding hydrogens is 180 g/mol. The minimum atomic E-state index is -0.0880. The molecule has 4 nitrogen and oxygen atoms in total. The number of amides is 1. The van der Waals surface area contributed by atoms with E-state index in [1.165, 1.54) is 12.2 Å². The third kappa shape index (κ3) is 5.19. The molecule has 0 radical (unpaired) electrons. The van der Waals surface area contributed by atoms with Crippen LogP contribution < -0.4 is 0 Å². The molecule has 0 aliphatic heterocycles. The summed E-state index contributed by atoms with van der Waals surface area (Å²) < 4.78 is 0. The van der Waals surface area contributed by atoms with Crippen molar-refractivity contribution in [1.29, 1.82) is 0 Å². The third-order valence-corrected chi connectivity index (χ3v) is 1.88. The summed E-state index contributed by atoms with van der Waals surface area (Å²) in [6.45, 7) is 5.98. The second-order valence-electron chi connectivity index (χ2n) is 2.91. The van der Waals surface area contributed by atoms with Crippen LogP contribution in [-0.4, -0.2) is 50.2 Å². The van der Waals surface area contributed by atoms with Gasteiger partial charge in [-0.25, -0.2) is 5.06 Å². The summed E-state index contributed by atoms with van der Waals surface area (Å²) in [6.07, 6.45) is 0.791. The van der Waals surface area contributed by atoms with E-state index in [4.69, 9.17) is 4.84 Å². The Morgan fingerprint density at radius 2 is 1.71 bits per heavy atom. The smallest absolute Gasteiger partial charge is 0.263 e. The molecule has 0 rings (SSSR count). The Balaban J connectivity index is 0. The molecule has 0 saturated carbocycles. The zero-order valence-corrected chi connectivity index (χ0v) is 10.5. The van der Waals surface area contributed by atoms with Crippen molar-refractivity contribution in [2.75, 3.05) is 28.3 Å². The topological polar surface area (TPSA) is 32.8 Å². The van der Waals surface area contributed by atoms with Gasteiger partial charge in [0.1, 0.15) is 0 Å². The van der Waals surface area contributed by atoms with Crippen molar-refractivity contribution in [3.05, 3.63) is 0 Å². The summed E-state index contributed by atoms with van der Waals surface area (Å²) in [6, 6.07) is -0.0880. The molecular formula is C10H24N2O2. The Hall–Kier alpha value is -0.610. The number of nitrogens with zero attached hydrogens (tertiary/aromatic N) is 2. The Morgan fingerprint density at radius 1 is 1.29 bits per heavy atom. The second-order valence-corrected chi connectivity index (χ2v) is 2.91. The molecule has 1 amide bonds. The lowest BCUT2D eigenvalue weighted by Gasteiger charge is -2.25. The first-order chi connectivity index (χ1) is 6.54. The third-order valence-electron chi connectivity index (χ3n) is 1.88. The largest absolute Gasteiger partial charge is 0.298 e. The summed E-state index contributed by atoms with van der Waals surface area (Å²) in [7, 11) is 6.87. The van der Waals surface area contributed by atoms with E-state index in [0.717, 1.165) is 6.42 Å². The van der Waals surface area contributed by atoms with Crippen molar-refractivity contribution in [2.45, 2.75) is 33.2 Å². The summed E-state index contributed by atoms with van der Waals surface area (Å²) in [5, 5.41) is 1.26.